The Hall–Kier alpha value is -3.81. The number of amides is 1. The maximum absolute atomic E-state index is 13.3. The maximum atomic E-state index is 13.3. The van der Waals surface area contributed by atoms with Gasteiger partial charge in [-0.05, 0) is 49.4 Å². The van der Waals surface area contributed by atoms with Gasteiger partial charge in [-0.3, -0.25) is 9.79 Å². The summed E-state index contributed by atoms with van der Waals surface area (Å²) >= 11 is 12.9. The predicted octanol–water partition coefficient (Wildman–Crippen LogP) is 6.36. The van der Waals surface area contributed by atoms with E-state index in [0.717, 1.165) is 11.1 Å². The molecule has 0 radical (unpaired) electrons. The second-order valence-corrected chi connectivity index (χ2v) is 9.22. The Kier molecular flexibility index (Phi) is 6.91. The van der Waals surface area contributed by atoms with E-state index in [0.29, 0.717) is 55.9 Å². The first-order valence-electron chi connectivity index (χ1n) is 11.5. The molecule has 1 aromatic heterocycles. The molecule has 0 unspecified atom stereocenters. The number of carbonyl (C=O) groups excluding carboxylic acids is 1. The highest BCUT2D eigenvalue weighted by Crippen LogP contribution is 2.35. The van der Waals surface area contributed by atoms with E-state index < -0.39 is 0 Å². The summed E-state index contributed by atoms with van der Waals surface area (Å²) < 4.78 is 16.7. The Labute approximate surface area is 224 Å². The minimum atomic E-state index is -0.180. The molecule has 0 saturated carbocycles. The van der Waals surface area contributed by atoms with Crippen LogP contribution in [0, 0.1) is 6.92 Å². The van der Waals surface area contributed by atoms with Crippen LogP contribution in [0.5, 0.6) is 11.5 Å². The van der Waals surface area contributed by atoms with Crippen molar-refractivity contribution in [3.63, 3.8) is 0 Å². The number of nitrogens with zero attached hydrogens (tertiary/aromatic N) is 3. The highest BCUT2D eigenvalue weighted by Gasteiger charge is 2.28. The molecule has 0 saturated heterocycles. The molecule has 0 aliphatic carbocycles. The lowest BCUT2D eigenvalue weighted by atomic mass is 10.00. The first-order valence-corrected chi connectivity index (χ1v) is 12.2. The Morgan fingerprint density at radius 3 is 2.51 bits per heavy atom. The molecule has 0 atom stereocenters. The minimum absolute atomic E-state index is 0.0493. The SMILES string of the molecule is COc1ccc(-c2nc(CN3C(=O)CN=C(c4ccccc4Cl)c4cc(Cl)ccc43)c(C)o2)cc1OC. The molecule has 7 nitrogen and oxygen atoms in total. The van der Waals surface area contributed by atoms with E-state index in [2.05, 4.69) is 4.99 Å². The van der Waals surface area contributed by atoms with Gasteiger partial charge in [-0.15, -0.1) is 0 Å². The molecule has 0 bridgehead atoms. The number of halogens is 2. The summed E-state index contributed by atoms with van der Waals surface area (Å²) in [5, 5.41) is 1.07. The number of oxazole rings is 1. The second-order valence-electron chi connectivity index (χ2n) is 8.38. The average Bonchev–Trinajstić information content (AvgIpc) is 3.21. The number of fused-ring (bicyclic) bond motifs is 1. The zero-order chi connectivity index (χ0) is 26.1. The fourth-order valence-corrected chi connectivity index (χ4v) is 4.66. The van der Waals surface area contributed by atoms with Crippen LogP contribution >= 0.6 is 23.2 Å². The van der Waals surface area contributed by atoms with Crippen molar-refractivity contribution in [1.82, 2.24) is 4.98 Å². The van der Waals surface area contributed by atoms with Gasteiger partial charge in [0.1, 0.15) is 18.0 Å². The number of benzene rings is 3. The number of anilines is 1. The lowest BCUT2D eigenvalue weighted by Gasteiger charge is -2.22. The van der Waals surface area contributed by atoms with Gasteiger partial charge in [-0.25, -0.2) is 4.98 Å². The lowest BCUT2D eigenvalue weighted by Crippen LogP contribution is -2.32. The van der Waals surface area contributed by atoms with Crippen molar-refractivity contribution in [3.8, 4) is 23.0 Å². The molecule has 0 fully saturated rings. The van der Waals surface area contributed by atoms with Crippen molar-refractivity contribution in [1.29, 1.82) is 0 Å². The van der Waals surface area contributed by atoms with Gasteiger partial charge in [-0.1, -0.05) is 41.4 Å². The number of aliphatic imine (C=N–C) groups is 1. The number of methoxy groups -OCH3 is 2. The van der Waals surface area contributed by atoms with E-state index in [4.69, 9.17) is 42.1 Å². The van der Waals surface area contributed by atoms with E-state index in [9.17, 15) is 4.79 Å². The molecule has 0 N–H and O–H groups in total. The van der Waals surface area contributed by atoms with Crippen LogP contribution in [0.1, 0.15) is 22.6 Å². The van der Waals surface area contributed by atoms with Crippen molar-refractivity contribution in [2.45, 2.75) is 13.5 Å². The number of benzodiazepines with no additional fused rings is 1. The van der Waals surface area contributed by atoms with Gasteiger partial charge >= 0.3 is 0 Å². The number of hydrogen-bond acceptors (Lipinski definition) is 6. The fourth-order valence-electron chi connectivity index (χ4n) is 4.26. The molecule has 3 aromatic carbocycles. The van der Waals surface area contributed by atoms with Gasteiger partial charge in [0.2, 0.25) is 11.8 Å². The topological polar surface area (TPSA) is 77.2 Å². The monoisotopic (exact) mass is 535 g/mol. The molecule has 5 rings (SSSR count). The molecular formula is C28H23Cl2N3O4. The molecule has 4 aromatic rings. The summed E-state index contributed by atoms with van der Waals surface area (Å²) in [4.78, 5) is 24.3. The fraction of sp³-hybridized carbons (Fsp3) is 0.179. The molecule has 1 aliphatic heterocycles. The molecule has 1 amide bonds. The van der Waals surface area contributed by atoms with E-state index >= 15 is 0 Å². The Balaban J connectivity index is 1.53. The van der Waals surface area contributed by atoms with Gasteiger partial charge in [0, 0.05) is 26.7 Å². The van der Waals surface area contributed by atoms with E-state index in [1.165, 1.54) is 0 Å². The Morgan fingerprint density at radius 1 is 0.973 bits per heavy atom. The molecule has 2 heterocycles. The molecular weight excluding hydrogens is 513 g/mol. The van der Waals surface area contributed by atoms with Gasteiger partial charge in [0.15, 0.2) is 11.5 Å². The first kappa shape index (κ1) is 24.9. The standard InChI is InChI=1S/C28H23Cl2N3O4/c1-16-22(32-28(37-16)17-8-11-24(35-2)25(12-17)36-3)15-33-23-10-9-18(29)13-20(23)27(31-14-26(33)34)19-6-4-5-7-21(19)30/h4-13H,14-15H2,1-3H3. The number of hydrogen-bond donors (Lipinski definition) is 0. The number of carbonyl (C=O) groups is 1. The van der Waals surface area contributed by atoms with E-state index in [-0.39, 0.29) is 19.0 Å². The maximum Gasteiger partial charge on any atom is 0.249 e. The summed E-state index contributed by atoms with van der Waals surface area (Å²) in [6, 6.07) is 18.2. The third-order valence-corrected chi connectivity index (χ3v) is 6.70. The summed E-state index contributed by atoms with van der Waals surface area (Å²) in [5.41, 5.74) is 4.08. The van der Waals surface area contributed by atoms with Gasteiger partial charge in [0.25, 0.3) is 0 Å². The average molecular weight is 536 g/mol. The van der Waals surface area contributed by atoms with Crippen molar-refractivity contribution >= 4 is 40.5 Å². The molecule has 188 valence electrons. The zero-order valence-corrected chi connectivity index (χ0v) is 21.9. The smallest absolute Gasteiger partial charge is 0.249 e. The summed E-state index contributed by atoms with van der Waals surface area (Å²) in [6.45, 7) is 1.97. The molecule has 37 heavy (non-hydrogen) atoms. The summed E-state index contributed by atoms with van der Waals surface area (Å²) in [7, 11) is 3.15. The first-order chi connectivity index (χ1) is 17.9. The van der Waals surface area contributed by atoms with Gasteiger partial charge in [0.05, 0.1) is 32.2 Å². The van der Waals surface area contributed by atoms with Gasteiger partial charge in [-0.2, -0.15) is 0 Å². The van der Waals surface area contributed by atoms with Crippen LogP contribution in [0.4, 0.5) is 5.69 Å². The van der Waals surface area contributed by atoms with Crippen molar-refractivity contribution in [3.05, 3.63) is 93.3 Å². The van der Waals surface area contributed by atoms with Crippen molar-refractivity contribution in [2.75, 3.05) is 25.7 Å². The predicted molar refractivity (Wildman–Crippen MR) is 144 cm³/mol. The second kappa shape index (κ2) is 10.3. The molecule has 9 heteroatoms. The quantitative estimate of drug-likeness (QED) is 0.287. The lowest BCUT2D eigenvalue weighted by molar-refractivity contribution is -0.117. The highest BCUT2D eigenvalue weighted by molar-refractivity contribution is 6.37. The molecule has 1 aliphatic rings. The third kappa shape index (κ3) is 4.80. The number of aromatic nitrogens is 1. The van der Waals surface area contributed by atoms with E-state index in [1.54, 1.807) is 49.5 Å². The van der Waals surface area contributed by atoms with Crippen LogP contribution in [0.15, 0.2) is 70.1 Å². The third-order valence-electron chi connectivity index (χ3n) is 6.14. The van der Waals surface area contributed by atoms with Crippen molar-refractivity contribution in [2.24, 2.45) is 4.99 Å². The zero-order valence-electron chi connectivity index (χ0n) is 20.4. The molecule has 0 spiro atoms. The summed E-state index contributed by atoms with van der Waals surface area (Å²) in [5.74, 6) is 2.01. The largest absolute Gasteiger partial charge is 0.493 e. The van der Waals surface area contributed by atoms with Gasteiger partial charge < -0.3 is 18.8 Å². The normalized spacial score (nSPS) is 13.2. The number of aryl methyl sites for hydroxylation is 1. The van der Waals surface area contributed by atoms with E-state index in [1.807, 2.05) is 37.3 Å². The summed E-state index contributed by atoms with van der Waals surface area (Å²) in [6.07, 6.45) is 0. The Morgan fingerprint density at radius 2 is 1.76 bits per heavy atom. The van der Waals surface area contributed by atoms with Crippen molar-refractivity contribution < 1.29 is 18.7 Å². The van der Waals surface area contributed by atoms with Crippen LogP contribution in [-0.2, 0) is 11.3 Å². The van der Waals surface area contributed by atoms with Crippen LogP contribution in [0.2, 0.25) is 10.0 Å². The van der Waals surface area contributed by atoms with Crippen LogP contribution in [0.3, 0.4) is 0 Å². The van der Waals surface area contributed by atoms with Crippen LogP contribution in [-0.4, -0.2) is 37.4 Å². The number of rotatable bonds is 6. The minimum Gasteiger partial charge on any atom is -0.493 e. The Bertz CT molecular complexity index is 1530. The number of ether oxygens (including phenoxy) is 2. The van der Waals surface area contributed by atoms with Crippen LogP contribution < -0.4 is 14.4 Å². The van der Waals surface area contributed by atoms with Crippen LogP contribution in [0.25, 0.3) is 11.5 Å². The highest BCUT2D eigenvalue weighted by atomic mass is 35.5.